The first-order valence-corrected chi connectivity index (χ1v) is 3.25. The Hall–Kier alpha value is -0.790. The van der Waals surface area contributed by atoms with Gasteiger partial charge in [-0.15, -0.1) is 0 Å². The molecule has 0 aromatic carbocycles. The van der Waals surface area contributed by atoms with Gasteiger partial charge in [-0.25, -0.2) is 4.98 Å². The summed E-state index contributed by atoms with van der Waals surface area (Å²) in [5, 5.41) is 0. The summed E-state index contributed by atoms with van der Waals surface area (Å²) in [6, 6.07) is 0.535. The Bertz CT molecular complexity index is 155. The molecule has 0 N–H and O–H groups in total. The highest BCUT2D eigenvalue weighted by atomic mass is 15.0. The minimum Gasteiger partial charge on any atom is -0.326 e. The van der Waals surface area contributed by atoms with E-state index in [2.05, 4.69) is 25.2 Å². The van der Waals surface area contributed by atoms with Gasteiger partial charge in [0.25, 0.3) is 0 Å². The lowest BCUT2D eigenvalue weighted by Crippen LogP contribution is -1.99. The number of hydrogen-bond donors (Lipinski definition) is 0. The van der Waals surface area contributed by atoms with Crippen LogP contribution in [0.4, 0.5) is 0 Å². The van der Waals surface area contributed by atoms with Gasteiger partial charge in [-0.1, -0.05) is 6.92 Å². The van der Waals surface area contributed by atoms with Crippen LogP contribution in [0.5, 0.6) is 0 Å². The van der Waals surface area contributed by atoms with Crippen LogP contribution in [0.3, 0.4) is 0 Å². The Balaban J connectivity index is 2.65. The fourth-order valence-corrected chi connectivity index (χ4v) is 0.681. The summed E-state index contributed by atoms with van der Waals surface area (Å²) in [6.45, 7) is 4.30. The van der Waals surface area contributed by atoms with Crippen LogP contribution in [-0.2, 0) is 0 Å². The molecule has 0 aliphatic carbocycles. The van der Waals surface area contributed by atoms with E-state index in [1.807, 2.05) is 10.8 Å². The summed E-state index contributed by atoms with van der Waals surface area (Å²) in [5.41, 5.74) is 0. The van der Waals surface area contributed by atoms with Crippen molar-refractivity contribution in [1.82, 2.24) is 9.55 Å². The molecule has 0 bridgehead atoms. The predicted octanol–water partition coefficient (Wildman–Crippen LogP) is 1.65. The monoisotopic (exact) mass is 123 g/mol. The third kappa shape index (κ3) is 1.31. The van der Waals surface area contributed by atoms with E-state index in [4.69, 9.17) is 0 Å². The predicted molar refractivity (Wildman–Crippen MR) is 36.1 cm³/mol. The van der Waals surface area contributed by atoms with Gasteiger partial charge in [0.2, 0.25) is 0 Å². The quantitative estimate of drug-likeness (QED) is 0.584. The standard InChI is InChI=1S/C7H11N2/c1-3-7(2)9-5-4-8-6-9/h4-5,7H,3H2,1-2H3. The molecule has 1 heterocycles. The first-order chi connectivity index (χ1) is 4.34. The summed E-state index contributed by atoms with van der Waals surface area (Å²) >= 11 is 0. The SMILES string of the molecule is CCC(C)n1[c]ncc1. The van der Waals surface area contributed by atoms with Gasteiger partial charge < -0.3 is 4.57 Å². The number of hydrogen-bond acceptors (Lipinski definition) is 1. The zero-order chi connectivity index (χ0) is 6.69. The molecular formula is C7H11N2. The normalized spacial score (nSPS) is 13.6. The topological polar surface area (TPSA) is 17.8 Å². The number of rotatable bonds is 2. The third-order valence-electron chi connectivity index (χ3n) is 1.54. The molecule has 9 heavy (non-hydrogen) atoms. The molecule has 0 saturated heterocycles. The van der Waals surface area contributed by atoms with Crippen molar-refractivity contribution in [2.24, 2.45) is 0 Å². The molecule has 1 rings (SSSR count). The van der Waals surface area contributed by atoms with Crippen molar-refractivity contribution in [3.05, 3.63) is 18.7 Å². The second-order valence-corrected chi connectivity index (χ2v) is 2.19. The van der Waals surface area contributed by atoms with Crippen LogP contribution in [0.1, 0.15) is 26.3 Å². The van der Waals surface area contributed by atoms with Crippen molar-refractivity contribution in [1.29, 1.82) is 0 Å². The van der Waals surface area contributed by atoms with Crippen molar-refractivity contribution in [3.63, 3.8) is 0 Å². The van der Waals surface area contributed by atoms with Crippen molar-refractivity contribution < 1.29 is 0 Å². The van der Waals surface area contributed by atoms with E-state index in [-0.39, 0.29) is 0 Å². The maximum absolute atomic E-state index is 3.83. The van der Waals surface area contributed by atoms with E-state index in [1.54, 1.807) is 6.20 Å². The minimum atomic E-state index is 0.535. The Morgan fingerprint density at radius 3 is 3.00 bits per heavy atom. The van der Waals surface area contributed by atoms with Gasteiger partial charge in [-0.05, 0) is 13.3 Å². The van der Waals surface area contributed by atoms with Gasteiger partial charge in [0.05, 0.1) is 0 Å². The molecule has 1 aromatic rings. The Kier molecular flexibility index (Phi) is 1.88. The van der Waals surface area contributed by atoms with Crippen LogP contribution in [-0.4, -0.2) is 9.55 Å². The molecule has 1 aromatic heterocycles. The van der Waals surface area contributed by atoms with E-state index >= 15 is 0 Å². The number of imidazole rings is 1. The van der Waals surface area contributed by atoms with Crippen LogP contribution in [0.15, 0.2) is 12.4 Å². The highest BCUT2D eigenvalue weighted by molar-refractivity contribution is 4.76. The Morgan fingerprint density at radius 1 is 1.78 bits per heavy atom. The molecular weight excluding hydrogens is 112 g/mol. The van der Waals surface area contributed by atoms with Gasteiger partial charge in [0, 0.05) is 18.4 Å². The van der Waals surface area contributed by atoms with Crippen LogP contribution >= 0.6 is 0 Å². The maximum atomic E-state index is 3.83. The largest absolute Gasteiger partial charge is 0.326 e. The summed E-state index contributed by atoms with van der Waals surface area (Å²) in [5.74, 6) is 0. The van der Waals surface area contributed by atoms with Crippen LogP contribution in [0, 0.1) is 6.33 Å². The van der Waals surface area contributed by atoms with Crippen LogP contribution < -0.4 is 0 Å². The van der Waals surface area contributed by atoms with E-state index in [9.17, 15) is 0 Å². The first kappa shape index (κ1) is 6.33. The molecule has 0 fully saturated rings. The highest BCUT2D eigenvalue weighted by Gasteiger charge is 1.97. The molecule has 0 saturated carbocycles. The average molecular weight is 123 g/mol. The average Bonchev–Trinajstić information content (AvgIpc) is 2.37. The first-order valence-electron chi connectivity index (χ1n) is 3.25. The van der Waals surface area contributed by atoms with Gasteiger partial charge in [0.1, 0.15) is 0 Å². The van der Waals surface area contributed by atoms with Crippen molar-refractivity contribution in [3.8, 4) is 0 Å². The lowest BCUT2D eigenvalue weighted by Gasteiger charge is -2.07. The van der Waals surface area contributed by atoms with Crippen LogP contribution in [0.2, 0.25) is 0 Å². The minimum absolute atomic E-state index is 0.535. The lowest BCUT2D eigenvalue weighted by atomic mass is 10.3. The molecule has 0 aliphatic heterocycles. The second kappa shape index (κ2) is 2.67. The van der Waals surface area contributed by atoms with Crippen LogP contribution in [0.25, 0.3) is 0 Å². The molecule has 1 atom stereocenters. The Labute approximate surface area is 55.5 Å². The smallest absolute Gasteiger partial charge is 0.176 e. The molecule has 2 heteroatoms. The van der Waals surface area contributed by atoms with Crippen molar-refractivity contribution in [2.75, 3.05) is 0 Å². The van der Waals surface area contributed by atoms with E-state index in [0.29, 0.717) is 6.04 Å². The van der Waals surface area contributed by atoms with Gasteiger partial charge in [-0.3, -0.25) is 0 Å². The highest BCUT2D eigenvalue weighted by Crippen LogP contribution is 2.06. The van der Waals surface area contributed by atoms with E-state index in [1.165, 1.54) is 0 Å². The number of nitrogens with zero attached hydrogens (tertiary/aromatic N) is 2. The molecule has 1 unspecified atom stereocenters. The summed E-state index contributed by atoms with van der Waals surface area (Å²) < 4.78 is 1.99. The number of aromatic nitrogens is 2. The Morgan fingerprint density at radius 2 is 2.56 bits per heavy atom. The van der Waals surface area contributed by atoms with Gasteiger partial charge >= 0.3 is 0 Å². The van der Waals surface area contributed by atoms with Gasteiger partial charge in [-0.2, -0.15) is 0 Å². The fourth-order valence-electron chi connectivity index (χ4n) is 0.681. The molecule has 0 aliphatic rings. The zero-order valence-electron chi connectivity index (χ0n) is 5.83. The third-order valence-corrected chi connectivity index (χ3v) is 1.54. The summed E-state index contributed by atoms with van der Waals surface area (Å²) in [4.78, 5) is 3.83. The van der Waals surface area contributed by atoms with E-state index < -0.39 is 0 Å². The molecule has 0 amide bonds. The molecule has 49 valence electrons. The lowest BCUT2D eigenvalue weighted by molar-refractivity contribution is 0.527. The summed E-state index contributed by atoms with van der Waals surface area (Å²) in [6.07, 6.45) is 7.68. The fraction of sp³-hybridized carbons (Fsp3) is 0.571. The van der Waals surface area contributed by atoms with Crippen molar-refractivity contribution in [2.45, 2.75) is 26.3 Å². The van der Waals surface area contributed by atoms with E-state index in [0.717, 1.165) is 6.42 Å². The zero-order valence-corrected chi connectivity index (χ0v) is 5.83. The van der Waals surface area contributed by atoms with Gasteiger partial charge in [0.15, 0.2) is 6.33 Å². The second-order valence-electron chi connectivity index (χ2n) is 2.19. The molecule has 0 spiro atoms. The van der Waals surface area contributed by atoms with Crippen molar-refractivity contribution >= 4 is 0 Å². The maximum Gasteiger partial charge on any atom is 0.176 e. The molecule has 1 radical (unpaired) electrons. The molecule has 2 nitrogen and oxygen atoms in total. The summed E-state index contributed by atoms with van der Waals surface area (Å²) in [7, 11) is 0.